The molecule has 0 bridgehead atoms. The number of carbonyl (C=O) groups is 1. The number of hydrogen-bond donors (Lipinski definition) is 1. The summed E-state index contributed by atoms with van der Waals surface area (Å²) in [7, 11) is 0. The first-order chi connectivity index (χ1) is 8.50. The summed E-state index contributed by atoms with van der Waals surface area (Å²) in [6.07, 6.45) is 0. The summed E-state index contributed by atoms with van der Waals surface area (Å²) in [6.45, 7) is 2.90. The monoisotopic (exact) mass is 251 g/mol. The molecule has 0 saturated carbocycles. The molecule has 2 rings (SSSR count). The third kappa shape index (κ3) is 2.19. The Morgan fingerprint density at radius 2 is 2.22 bits per heavy atom. The van der Waals surface area contributed by atoms with Crippen molar-refractivity contribution in [2.45, 2.75) is 12.8 Å². The summed E-state index contributed by atoms with van der Waals surface area (Å²) in [5, 5.41) is 19.9. The third-order valence-electron chi connectivity index (χ3n) is 3.24. The van der Waals surface area contributed by atoms with E-state index in [1.54, 1.807) is 0 Å². The van der Waals surface area contributed by atoms with Gasteiger partial charge >= 0.3 is 5.97 Å². The molecular formula is C12H13NO5. The van der Waals surface area contributed by atoms with Crippen molar-refractivity contribution in [3.8, 4) is 0 Å². The van der Waals surface area contributed by atoms with Crippen molar-refractivity contribution in [3.63, 3.8) is 0 Å². The normalized spacial score (nSPS) is 22.9. The highest BCUT2D eigenvalue weighted by molar-refractivity contribution is 5.90. The van der Waals surface area contributed by atoms with Crippen LogP contribution in [0, 0.1) is 16.0 Å². The molecule has 1 N–H and O–H groups in total. The summed E-state index contributed by atoms with van der Waals surface area (Å²) >= 11 is 0. The highest BCUT2D eigenvalue weighted by atomic mass is 16.6. The lowest BCUT2D eigenvalue weighted by Crippen LogP contribution is -2.13. The van der Waals surface area contributed by atoms with Crippen molar-refractivity contribution in [3.05, 3.63) is 39.4 Å². The van der Waals surface area contributed by atoms with Gasteiger partial charge in [0, 0.05) is 24.7 Å². The maximum absolute atomic E-state index is 11.2. The summed E-state index contributed by atoms with van der Waals surface area (Å²) in [4.78, 5) is 21.4. The summed E-state index contributed by atoms with van der Waals surface area (Å²) in [5.74, 6) is -1.01. The van der Waals surface area contributed by atoms with Crippen LogP contribution in [0.4, 0.5) is 5.69 Å². The molecule has 18 heavy (non-hydrogen) atoms. The molecule has 1 aliphatic rings. The molecule has 6 nitrogen and oxygen atoms in total. The Labute approximate surface area is 103 Å². The first-order valence-electron chi connectivity index (χ1n) is 5.60. The molecule has 96 valence electrons. The second kappa shape index (κ2) is 4.73. The molecule has 0 aromatic heterocycles. The lowest BCUT2D eigenvalue weighted by molar-refractivity contribution is -0.384. The molecule has 0 aliphatic carbocycles. The van der Waals surface area contributed by atoms with E-state index in [0.717, 1.165) is 0 Å². The van der Waals surface area contributed by atoms with Crippen LogP contribution in [0.15, 0.2) is 18.2 Å². The van der Waals surface area contributed by atoms with Gasteiger partial charge in [0.25, 0.3) is 5.69 Å². The Kier molecular flexibility index (Phi) is 3.29. The second-order valence-corrected chi connectivity index (χ2v) is 4.46. The number of rotatable bonds is 3. The number of non-ortho nitro benzene ring substituents is 1. The quantitative estimate of drug-likeness (QED) is 0.655. The number of aromatic carboxylic acids is 1. The van der Waals surface area contributed by atoms with Crippen molar-refractivity contribution >= 4 is 11.7 Å². The molecule has 0 radical (unpaired) electrons. The lowest BCUT2D eigenvalue weighted by Gasteiger charge is -2.15. The fourth-order valence-electron chi connectivity index (χ4n) is 2.22. The predicted molar refractivity (Wildman–Crippen MR) is 62.8 cm³/mol. The molecule has 1 aromatic carbocycles. The number of nitrogens with zero attached hydrogens (tertiary/aromatic N) is 1. The van der Waals surface area contributed by atoms with Gasteiger partial charge in [-0.3, -0.25) is 10.1 Å². The fourth-order valence-corrected chi connectivity index (χ4v) is 2.22. The van der Waals surface area contributed by atoms with Crippen LogP contribution in [-0.4, -0.2) is 29.2 Å². The van der Waals surface area contributed by atoms with E-state index in [4.69, 9.17) is 9.84 Å². The van der Waals surface area contributed by atoms with Gasteiger partial charge in [-0.1, -0.05) is 6.92 Å². The van der Waals surface area contributed by atoms with Crippen LogP contribution < -0.4 is 0 Å². The highest BCUT2D eigenvalue weighted by Crippen LogP contribution is 2.34. The van der Waals surface area contributed by atoms with E-state index >= 15 is 0 Å². The summed E-state index contributed by atoms with van der Waals surface area (Å²) in [6, 6.07) is 3.85. The average molecular weight is 251 g/mol. The molecular weight excluding hydrogens is 238 g/mol. The van der Waals surface area contributed by atoms with Gasteiger partial charge in [0.05, 0.1) is 17.1 Å². The van der Waals surface area contributed by atoms with Crippen molar-refractivity contribution in [1.29, 1.82) is 0 Å². The van der Waals surface area contributed by atoms with Crippen LogP contribution in [-0.2, 0) is 4.74 Å². The third-order valence-corrected chi connectivity index (χ3v) is 3.24. The second-order valence-electron chi connectivity index (χ2n) is 4.46. The number of nitro benzene ring substituents is 1. The topological polar surface area (TPSA) is 89.7 Å². The molecule has 6 heteroatoms. The fraction of sp³-hybridized carbons (Fsp3) is 0.417. The smallest absolute Gasteiger partial charge is 0.335 e. The van der Waals surface area contributed by atoms with E-state index in [0.29, 0.717) is 18.8 Å². The Morgan fingerprint density at radius 3 is 2.72 bits per heavy atom. The van der Waals surface area contributed by atoms with Crippen molar-refractivity contribution in [1.82, 2.24) is 0 Å². The molecule has 1 fully saturated rings. The molecule has 0 unspecified atom stereocenters. The van der Waals surface area contributed by atoms with E-state index in [-0.39, 0.29) is 23.1 Å². The Hall–Kier alpha value is -1.95. The standard InChI is InChI=1S/C12H13NO5/c1-7-5-18-6-11(7)10-4-8(13(16)17)2-3-9(10)12(14)15/h2-4,7,11H,5-6H2,1H3,(H,14,15)/t7-,11+/m0/s1. The lowest BCUT2D eigenvalue weighted by atomic mass is 9.87. The molecule has 1 heterocycles. The number of carboxylic acid groups (broad SMARTS) is 1. The van der Waals surface area contributed by atoms with Crippen molar-refractivity contribution in [2.24, 2.45) is 5.92 Å². The molecule has 0 spiro atoms. The van der Waals surface area contributed by atoms with Gasteiger partial charge < -0.3 is 9.84 Å². The van der Waals surface area contributed by atoms with Gasteiger partial charge in [-0.25, -0.2) is 4.79 Å². The Bertz CT molecular complexity index is 499. The minimum absolute atomic E-state index is 0.0888. The van der Waals surface area contributed by atoms with Crippen molar-refractivity contribution in [2.75, 3.05) is 13.2 Å². The van der Waals surface area contributed by atoms with Crippen LogP contribution in [0.3, 0.4) is 0 Å². The zero-order valence-electron chi connectivity index (χ0n) is 9.83. The van der Waals surface area contributed by atoms with E-state index in [1.807, 2.05) is 6.92 Å². The zero-order chi connectivity index (χ0) is 13.3. The van der Waals surface area contributed by atoms with Gasteiger partial charge in [-0.15, -0.1) is 0 Å². The first-order valence-corrected chi connectivity index (χ1v) is 5.60. The van der Waals surface area contributed by atoms with Gasteiger partial charge in [0.1, 0.15) is 0 Å². The number of carboxylic acids is 1. The Morgan fingerprint density at radius 1 is 1.50 bits per heavy atom. The molecule has 1 saturated heterocycles. The molecule has 1 aromatic rings. The predicted octanol–water partition coefficient (Wildman–Crippen LogP) is 2.04. The maximum Gasteiger partial charge on any atom is 0.335 e. The largest absolute Gasteiger partial charge is 0.478 e. The van der Waals surface area contributed by atoms with Gasteiger partial charge in [0.15, 0.2) is 0 Å². The molecule has 0 amide bonds. The van der Waals surface area contributed by atoms with Crippen LogP contribution in [0.25, 0.3) is 0 Å². The number of hydrogen-bond acceptors (Lipinski definition) is 4. The van der Waals surface area contributed by atoms with Crippen LogP contribution >= 0.6 is 0 Å². The minimum atomic E-state index is -1.07. The maximum atomic E-state index is 11.2. The van der Waals surface area contributed by atoms with Crippen LogP contribution in [0.1, 0.15) is 28.8 Å². The van der Waals surface area contributed by atoms with Gasteiger partial charge in [0.2, 0.25) is 0 Å². The Balaban J connectivity index is 2.50. The average Bonchev–Trinajstić information content (AvgIpc) is 2.74. The van der Waals surface area contributed by atoms with Crippen LogP contribution in [0.2, 0.25) is 0 Å². The highest BCUT2D eigenvalue weighted by Gasteiger charge is 2.30. The van der Waals surface area contributed by atoms with E-state index < -0.39 is 10.9 Å². The summed E-state index contributed by atoms with van der Waals surface area (Å²) in [5.41, 5.74) is 0.513. The van der Waals surface area contributed by atoms with Gasteiger partial charge in [-0.05, 0) is 17.5 Å². The SMILES string of the molecule is C[C@H]1COC[C@H]1c1cc([N+](=O)[O-])ccc1C(=O)O. The first kappa shape index (κ1) is 12.5. The number of benzene rings is 1. The molecule has 2 atom stereocenters. The van der Waals surface area contributed by atoms with E-state index in [9.17, 15) is 14.9 Å². The number of ether oxygens (including phenoxy) is 1. The van der Waals surface area contributed by atoms with Crippen LogP contribution in [0.5, 0.6) is 0 Å². The molecule has 1 aliphatic heterocycles. The van der Waals surface area contributed by atoms with Crippen molar-refractivity contribution < 1.29 is 19.6 Å². The minimum Gasteiger partial charge on any atom is -0.478 e. The zero-order valence-corrected chi connectivity index (χ0v) is 9.83. The van der Waals surface area contributed by atoms with E-state index in [1.165, 1.54) is 18.2 Å². The van der Waals surface area contributed by atoms with E-state index in [2.05, 4.69) is 0 Å². The van der Waals surface area contributed by atoms with Gasteiger partial charge in [-0.2, -0.15) is 0 Å². The number of nitro groups is 1. The summed E-state index contributed by atoms with van der Waals surface area (Å²) < 4.78 is 5.30.